The van der Waals surface area contributed by atoms with E-state index in [9.17, 15) is 5.11 Å². The van der Waals surface area contributed by atoms with Crippen LogP contribution in [0.2, 0.25) is 0 Å². The second kappa shape index (κ2) is 4.78. The normalized spacial score (nSPS) is 29.5. The summed E-state index contributed by atoms with van der Waals surface area (Å²) in [6.07, 6.45) is 10.3. The first-order chi connectivity index (χ1) is 8.33. The lowest BCUT2D eigenvalue weighted by atomic mass is 9.95. The number of rotatable bonds is 4. The maximum Gasteiger partial charge on any atom is 0.0951 e. The summed E-state index contributed by atoms with van der Waals surface area (Å²) in [4.78, 5) is 4.20. The number of hydrogen-bond acceptors (Lipinski definition) is 3. The number of aromatic nitrogens is 2. The lowest BCUT2D eigenvalue weighted by molar-refractivity contribution is -0.0139. The average Bonchev–Trinajstić information content (AvgIpc) is 3.08. The predicted octanol–water partition coefficient (Wildman–Crippen LogP) is 2.04. The fraction of sp³-hybridized carbons (Fsp3) is 0.769. The van der Waals surface area contributed by atoms with Gasteiger partial charge in [-0.05, 0) is 38.5 Å². The highest BCUT2D eigenvalue weighted by atomic mass is 16.5. The molecule has 17 heavy (non-hydrogen) atoms. The fourth-order valence-electron chi connectivity index (χ4n) is 2.54. The molecule has 1 aromatic heterocycles. The lowest BCUT2D eigenvalue weighted by Gasteiger charge is -2.25. The van der Waals surface area contributed by atoms with Gasteiger partial charge < -0.3 is 14.4 Å². The van der Waals surface area contributed by atoms with Crippen LogP contribution in [0.1, 0.15) is 50.3 Å². The first-order valence-electron chi connectivity index (χ1n) is 6.63. The molecular weight excluding hydrogens is 216 g/mol. The van der Waals surface area contributed by atoms with E-state index in [2.05, 4.69) is 9.55 Å². The summed E-state index contributed by atoms with van der Waals surface area (Å²) in [5.74, 6) is 0. The first-order valence-corrected chi connectivity index (χ1v) is 6.63. The van der Waals surface area contributed by atoms with E-state index < -0.39 is 0 Å². The second-order valence-corrected chi connectivity index (χ2v) is 5.26. The standard InChI is InChI=1S/C13H20N2O2/c16-12-3-5-13(6-4-12)17-8-11-7-14-9-15(11)10-1-2-10/h7,9-10,12-13,16H,1-6,8H2. The van der Waals surface area contributed by atoms with Gasteiger partial charge in [-0.1, -0.05) is 0 Å². The van der Waals surface area contributed by atoms with Crippen molar-refractivity contribution in [3.05, 3.63) is 18.2 Å². The topological polar surface area (TPSA) is 47.3 Å². The minimum Gasteiger partial charge on any atom is -0.393 e. The number of hydrogen-bond donors (Lipinski definition) is 1. The summed E-state index contributed by atoms with van der Waals surface area (Å²) in [5.41, 5.74) is 1.19. The van der Waals surface area contributed by atoms with Gasteiger partial charge in [0.15, 0.2) is 0 Å². The van der Waals surface area contributed by atoms with E-state index in [-0.39, 0.29) is 6.10 Å². The van der Waals surface area contributed by atoms with Crippen molar-refractivity contribution in [1.82, 2.24) is 9.55 Å². The van der Waals surface area contributed by atoms with Gasteiger partial charge in [0.2, 0.25) is 0 Å². The van der Waals surface area contributed by atoms with Gasteiger partial charge >= 0.3 is 0 Å². The van der Waals surface area contributed by atoms with Crippen molar-refractivity contribution < 1.29 is 9.84 Å². The molecule has 0 saturated heterocycles. The Balaban J connectivity index is 1.51. The van der Waals surface area contributed by atoms with Crippen LogP contribution in [0, 0.1) is 0 Å². The Morgan fingerprint density at radius 3 is 2.71 bits per heavy atom. The van der Waals surface area contributed by atoms with E-state index in [1.807, 2.05) is 12.5 Å². The zero-order valence-corrected chi connectivity index (χ0v) is 10.1. The minimum atomic E-state index is -0.105. The van der Waals surface area contributed by atoms with Crippen LogP contribution in [-0.2, 0) is 11.3 Å². The first kappa shape index (κ1) is 11.2. The lowest BCUT2D eigenvalue weighted by Crippen LogP contribution is -2.24. The highest BCUT2D eigenvalue weighted by Gasteiger charge is 2.26. The molecule has 0 radical (unpaired) electrons. The maximum atomic E-state index is 9.43. The number of nitrogens with zero attached hydrogens (tertiary/aromatic N) is 2. The molecule has 0 spiro atoms. The second-order valence-electron chi connectivity index (χ2n) is 5.26. The molecule has 1 aromatic rings. The third kappa shape index (κ3) is 2.69. The van der Waals surface area contributed by atoms with Crippen molar-refractivity contribution in [2.75, 3.05) is 0 Å². The third-order valence-corrected chi connectivity index (χ3v) is 3.80. The van der Waals surface area contributed by atoms with E-state index in [0.29, 0.717) is 18.8 Å². The average molecular weight is 236 g/mol. The van der Waals surface area contributed by atoms with Gasteiger partial charge in [-0.25, -0.2) is 4.98 Å². The molecule has 0 amide bonds. The number of aliphatic hydroxyl groups is 1. The van der Waals surface area contributed by atoms with Crippen molar-refractivity contribution in [3.8, 4) is 0 Å². The van der Waals surface area contributed by atoms with E-state index in [1.165, 1.54) is 18.5 Å². The van der Waals surface area contributed by atoms with Crippen molar-refractivity contribution in [2.24, 2.45) is 0 Å². The summed E-state index contributed by atoms with van der Waals surface area (Å²) >= 11 is 0. The molecule has 0 aliphatic heterocycles. The van der Waals surface area contributed by atoms with Gasteiger partial charge in [-0.3, -0.25) is 0 Å². The molecule has 0 unspecified atom stereocenters. The van der Waals surface area contributed by atoms with Crippen LogP contribution in [0.25, 0.3) is 0 Å². The Kier molecular flexibility index (Phi) is 3.16. The van der Waals surface area contributed by atoms with Crippen LogP contribution in [-0.4, -0.2) is 26.9 Å². The highest BCUT2D eigenvalue weighted by molar-refractivity contribution is 5.02. The van der Waals surface area contributed by atoms with Crippen LogP contribution >= 0.6 is 0 Å². The maximum absolute atomic E-state index is 9.43. The summed E-state index contributed by atoms with van der Waals surface area (Å²) in [5, 5.41) is 9.43. The molecule has 2 aliphatic carbocycles. The molecule has 0 bridgehead atoms. The zero-order chi connectivity index (χ0) is 11.7. The van der Waals surface area contributed by atoms with E-state index in [0.717, 1.165) is 25.7 Å². The summed E-state index contributed by atoms with van der Waals surface area (Å²) in [6.45, 7) is 0.664. The van der Waals surface area contributed by atoms with Crippen molar-refractivity contribution in [1.29, 1.82) is 0 Å². The Hall–Kier alpha value is -0.870. The number of aliphatic hydroxyl groups excluding tert-OH is 1. The van der Waals surface area contributed by atoms with Gasteiger partial charge in [0.1, 0.15) is 0 Å². The molecule has 3 rings (SSSR count). The van der Waals surface area contributed by atoms with Crippen LogP contribution in [0.5, 0.6) is 0 Å². The fourth-order valence-corrected chi connectivity index (χ4v) is 2.54. The molecule has 2 fully saturated rings. The quantitative estimate of drug-likeness (QED) is 0.870. The molecule has 2 aliphatic rings. The SMILES string of the molecule is OC1CCC(OCc2cncn2C2CC2)CC1. The van der Waals surface area contributed by atoms with Gasteiger partial charge in [0, 0.05) is 6.04 Å². The minimum absolute atomic E-state index is 0.105. The molecule has 1 heterocycles. The number of imidazole rings is 1. The molecule has 1 N–H and O–H groups in total. The molecule has 4 nitrogen and oxygen atoms in total. The Labute approximate surface area is 102 Å². The van der Waals surface area contributed by atoms with Crippen LogP contribution in [0.4, 0.5) is 0 Å². The van der Waals surface area contributed by atoms with Crippen LogP contribution < -0.4 is 0 Å². The van der Waals surface area contributed by atoms with Crippen LogP contribution in [0.3, 0.4) is 0 Å². The molecule has 0 atom stereocenters. The largest absolute Gasteiger partial charge is 0.393 e. The highest BCUT2D eigenvalue weighted by Crippen LogP contribution is 2.35. The summed E-state index contributed by atoms with van der Waals surface area (Å²) in [6, 6.07) is 0.671. The Morgan fingerprint density at radius 1 is 1.24 bits per heavy atom. The zero-order valence-electron chi connectivity index (χ0n) is 10.1. The van der Waals surface area contributed by atoms with E-state index in [4.69, 9.17) is 4.74 Å². The number of ether oxygens (including phenoxy) is 1. The van der Waals surface area contributed by atoms with E-state index >= 15 is 0 Å². The van der Waals surface area contributed by atoms with Gasteiger partial charge in [0.05, 0.1) is 37.0 Å². The predicted molar refractivity (Wildman–Crippen MR) is 63.5 cm³/mol. The summed E-state index contributed by atoms with van der Waals surface area (Å²) < 4.78 is 8.17. The van der Waals surface area contributed by atoms with Crippen molar-refractivity contribution in [2.45, 2.75) is 63.4 Å². The Bertz CT molecular complexity index is 365. The van der Waals surface area contributed by atoms with Gasteiger partial charge in [-0.15, -0.1) is 0 Å². The third-order valence-electron chi connectivity index (χ3n) is 3.80. The van der Waals surface area contributed by atoms with Crippen molar-refractivity contribution >= 4 is 0 Å². The molecule has 0 aromatic carbocycles. The molecule has 94 valence electrons. The van der Waals surface area contributed by atoms with Crippen LogP contribution in [0.15, 0.2) is 12.5 Å². The van der Waals surface area contributed by atoms with Crippen molar-refractivity contribution in [3.63, 3.8) is 0 Å². The molecule has 2 saturated carbocycles. The monoisotopic (exact) mass is 236 g/mol. The smallest absolute Gasteiger partial charge is 0.0951 e. The van der Waals surface area contributed by atoms with Gasteiger partial charge in [0.25, 0.3) is 0 Å². The van der Waals surface area contributed by atoms with E-state index in [1.54, 1.807) is 0 Å². The molecular formula is C13H20N2O2. The Morgan fingerprint density at radius 2 is 2.00 bits per heavy atom. The van der Waals surface area contributed by atoms with Gasteiger partial charge in [-0.2, -0.15) is 0 Å². The molecule has 4 heteroatoms. The summed E-state index contributed by atoms with van der Waals surface area (Å²) in [7, 11) is 0.